The second-order valence-corrected chi connectivity index (χ2v) is 20.1. The van der Waals surface area contributed by atoms with Crippen LogP contribution >= 0.6 is 11.6 Å². The quantitative estimate of drug-likeness (QED) is 0.112. The monoisotopic (exact) mass is 977 g/mol. The van der Waals surface area contributed by atoms with E-state index in [9.17, 15) is 9.18 Å². The number of rotatable bonds is 12. The van der Waals surface area contributed by atoms with Crippen LogP contribution in [0.4, 0.5) is 38.4 Å². The topological polar surface area (TPSA) is 106 Å². The van der Waals surface area contributed by atoms with Gasteiger partial charge in [0.05, 0.1) is 47.6 Å². The number of anilines is 2. The number of alkyl halides is 4. The van der Waals surface area contributed by atoms with Crippen molar-refractivity contribution in [1.29, 1.82) is 0 Å². The summed E-state index contributed by atoms with van der Waals surface area (Å²) in [7, 11) is 3.11. The first-order valence-corrected chi connectivity index (χ1v) is 23.8. The molecule has 1 amide bonds. The first kappa shape index (κ1) is 48.3. The van der Waals surface area contributed by atoms with Crippen LogP contribution in [-0.2, 0) is 24.0 Å². The average molecular weight is 979 g/mol. The number of carbonyl (C=O) groups is 1. The van der Waals surface area contributed by atoms with Gasteiger partial charge in [-0.15, -0.1) is 0 Å². The maximum absolute atomic E-state index is 18.0. The number of nitrogens with zero attached hydrogens (tertiary/aromatic N) is 7. The predicted molar refractivity (Wildman–Crippen MR) is 254 cm³/mol. The second-order valence-electron chi connectivity index (χ2n) is 19.7. The van der Waals surface area contributed by atoms with Gasteiger partial charge in [-0.2, -0.15) is 23.1 Å². The zero-order chi connectivity index (χ0) is 49.0. The number of methoxy groups -OCH3 is 2. The SMILES string of the molecule is COc1ccc(CN(Cc2ccc(OC)cc2)c2cc(C)c(C(F)(F)F)c(-c3c(Cl)cc4c(N5CC[C@H]6CC[C@@H](C5)N6C(=O)OC(C)(C)C)nc(OC[C@@]56CCCN5C[C@H](F)C6)nc4c3F)n2)cc1. The Morgan fingerprint density at radius 2 is 1.54 bits per heavy atom. The van der Waals surface area contributed by atoms with Crippen LogP contribution in [-0.4, -0.2) is 107 Å². The standard InChI is InChI=1S/C51H57ClF5N7O5/c1-30-22-40(62(25-31-8-14-36(66-5)15-9-31)26-32-10-16-37(67-6)17-11-32)58-45(42(30)51(55,56)57)41-39(52)23-38-44(43(41)54)59-47(68-29-50-19-7-20-63(50)27-33(53)24-50)60-46(38)61-21-18-34-12-13-35(28-61)64(34)48(65)69-49(2,3)4/h8-11,14-17,22-23,33-35H,7,12-13,18-21,24-29H2,1-6H3/t33-,34-,35+,50+/m1/s1. The number of aromatic nitrogens is 3. The van der Waals surface area contributed by atoms with E-state index < -0.39 is 52.2 Å². The van der Waals surface area contributed by atoms with E-state index in [2.05, 4.69) is 14.9 Å². The number of hydrogen-bond donors (Lipinski definition) is 0. The summed E-state index contributed by atoms with van der Waals surface area (Å²) < 4.78 is 102. The Balaban J connectivity index is 1.17. The molecule has 0 spiro atoms. The van der Waals surface area contributed by atoms with Crippen LogP contribution in [0.5, 0.6) is 17.5 Å². The molecule has 4 atom stereocenters. The molecular weight excluding hydrogens is 921 g/mol. The van der Waals surface area contributed by atoms with Crippen molar-refractivity contribution >= 4 is 40.2 Å². The van der Waals surface area contributed by atoms with Gasteiger partial charge < -0.3 is 33.6 Å². The zero-order valence-electron chi connectivity index (χ0n) is 39.6. The van der Waals surface area contributed by atoms with Crippen LogP contribution in [0.15, 0.2) is 60.7 Å². The first-order chi connectivity index (χ1) is 32.8. The summed E-state index contributed by atoms with van der Waals surface area (Å²) in [6.07, 6.45) is -2.65. The lowest BCUT2D eigenvalue weighted by Crippen LogP contribution is -2.45. The lowest BCUT2D eigenvalue weighted by atomic mass is 9.95. The Morgan fingerprint density at radius 3 is 2.16 bits per heavy atom. The highest BCUT2D eigenvalue weighted by atomic mass is 35.5. The summed E-state index contributed by atoms with van der Waals surface area (Å²) >= 11 is 7.06. The average Bonchev–Trinajstić information content (AvgIpc) is 3.92. The van der Waals surface area contributed by atoms with E-state index in [0.29, 0.717) is 50.4 Å². The molecule has 4 fully saturated rings. The predicted octanol–water partition coefficient (Wildman–Crippen LogP) is 11.0. The van der Waals surface area contributed by atoms with Crippen molar-refractivity contribution in [2.75, 3.05) is 56.8 Å². The van der Waals surface area contributed by atoms with Crippen molar-refractivity contribution in [1.82, 2.24) is 24.8 Å². The van der Waals surface area contributed by atoms with E-state index in [-0.39, 0.29) is 83.9 Å². The summed E-state index contributed by atoms with van der Waals surface area (Å²) in [6, 6.07) is 16.7. The highest BCUT2D eigenvalue weighted by Gasteiger charge is 2.50. The number of aryl methyl sites for hydroxylation is 1. The number of benzene rings is 3. The fourth-order valence-electron chi connectivity index (χ4n) is 10.7. The lowest BCUT2D eigenvalue weighted by Gasteiger charge is -2.32. The molecule has 4 aliphatic heterocycles. The van der Waals surface area contributed by atoms with E-state index in [4.69, 9.17) is 35.5 Å². The number of amides is 1. The van der Waals surface area contributed by atoms with Crippen molar-refractivity contribution in [3.63, 3.8) is 0 Å². The minimum atomic E-state index is -4.98. The van der Waals surface area contributed by atoms with Crippen LogP contribution in [0.25, 0.3) is 22.2 Å². The number of ether oxygens (including phenoxy) is 4. The van der Waals surface area contributed by atoms with Crippen LogP contribution in [0, 0.1) is 12.7 Å². The number of fused-ring (bicyclic) bond motifs is 4. The van der Waals surface area contributed by atoms with Gasteiger partial charge >= 0.3 is 18.3 Å². The molecule has 0 saturated carbocycles. The molecular formula is C51H57ClF5N7O5. The Morgan fingerprint density at radius 1 is 0.884 bits per heavy atom. The molecule has 69 heavy (non-hydrogen) atoms. The highest BCUT2D eigenvalue weighted by Crippen LogP contribution is 2.47. The molecule has 4 aliphatic rings. The number of hydrogen-bond acceptors (Lipinski definition) is 11. The third kappa shape index (κ3) is 9.90. The number of pyridine rings is 1. The lowest BCUT2D eigenvalue weighted by molar-refractivity contribution is -0.137. The summed E-state index contributed by atoms with van der Waals surface area (Å²) in [4.78, 5) is 35.3. The minimum Gasteiger partial charge on any atom is -0.497 e. The van der Waals surface area contributed by atoms with E-state index in [1.807, 2.05) is 54.8 Å². The van der Waals surface area contributed by atoms with Gasteiger partial charge in [-0.3, -0.25) is 4.90 Å². The molecule has 9 rings (SSSR count). The largest absolute Gasteiger partial charge is 0.497 e. The van der Waals surface area contributed by atoms with Crippen molar-refractivity contribution in [3.8, 4) is 28.8 Å². The molecule has 12 nitrogen and oxygen atoms in total. The molecule has 18 heteroatoms. The van der Waals surface area contributed by atoms with Crippen molar-refractivity contribution in [3.05, 3.63) is 93.8 Å². The maximum atomic E-state index is 18.0. The van der Waals surface area contributed by atoms with Crippen molar-refractivity contribution < 1.29 is 45.7 Å². The van der Waals surface area contributed by atoms with E-state index in [1.54, 1.807) is 43.4 Å². The second kappa shape index (κ2) is 18.9. The number of carbonyl (C=O) groups excluding carboxylic acids is 1. The van der Waals surface area contributed by atoms with Crippen LogP contribution in [0.3, 0.4) is 0 Å². The fourth-order valence-corrected chi connectivity index (χ4v) is 11.0. The summed E-state index contributed by atoms with van der Waals surface area (Å²) in [5.74, 6) is 0.503. The third-order valence-electron chi connectivity index (χ3n) is 13.9. The molecule has 3 aromatic carbocycles. The van der Waals surface area contributed by atoms with Gasteiger partial charge in [0, 0.05) is 50.6 Å². The van der Waals surface area contributed by atoms with Crippen LogP contribution in [0.1, 0.15) is 81.5 Å². The Bertz CT molecular complexity index is 2660. The van der Waals surface area contributed by atoms with Gasteiger partial charge in [-0.05, 0) is 119 Å². The number of halogens is 6. The normalized spacial score (nSPS) is 21.7. The maximum Gasteiger partial charge on any atom is 0.418 e. The molecule has 0 radical (unpaired) electrons. The zero-order valence-corrected chi connectivity index (χ0v) is 40.4. The van der Waals surface area contributed by atoms with Gasteiger partial charge in [0.1, 0.15) is 47.0 Å². The summed E-state index contributed by atoms with van der Waals surface area (Å²) in [6.45, 7) is 8.88. The molecule has 2 aromatic heterocycles. The Kier molecular flexibility index (Phi) is 13.2. The van der Waals surface area contributed by atoms with Gasteiger partial charge in [-0.1, -0.05) is 35.9 Å². The summed E-state index contributed by atoms with van der Waals surface area (Å²) in [5, 5.41) is -0.195. The van der Waals surface area contributed by atoms with Gasteiger partial charge in [0.25, 0.3) is 0 Å². The molecule has 368 valence electrons. The van der Waals surface area contributed by atoms with E-state index >= 15 is 17.6 Å². The summed E-state index contributed by atoms with van der Waals surface area (Å²) in [5.41, 5.74) is -2.67. The molecule has 2 bridgehead atoms. The molecule has 0 aliphatic carbocycles. The highest BCUT2D eigenvalue weighted by molar-refractivity contribution is 6.34. The Hall–Kier alpha value is -5.68. The van der Waals surface area contributed by atoms with Crippen molar-refractivity contribution in [2.45, 2.75) is 115 Å². The molecule has 6 heterocycles. The molecule has 5 aromatic rings. The fraction of sp³-hybridized carbons (Fsp3) is 0.490. The van der Waals surface area contributed by atoms with Gasteiger partial charge in [0.15, 0.2) is 5.82 Å². The van der Waals surface area contributed by atoms with Crippen LogP contribution in [0.2, 0.25) is 5.02 Å². The smallest absolute Gasteiger partial charge is 0.418 e. The Labute approximate surface area is 403 Å². The third-order valence-corrected chi connectivity index (χ3v) is 14.2. The van der Waals surface area contributed by atoms with Crippen LogP contribution < -0.4 is 24.0 Å². The molecule has 0 unspecified atom stereocenters. The first-order valence-electron chi connectivity index (χ1n) is 23.4. The van der Waals surface area contributed by atoms with Gasteiger partial charge in [0.2, 0.25) is 0 Å². The van der Waals surface area contributed by atoms with E-state index in [1.165, 1.54) is 19.1 Å². The molecule has 4 saturated heterocycles. The minimum absolute atomic E-state index is 0.0246. The van der Waals surface area contributed by atoms with Gasteiger partial charge in [-0.25, -0.2) is 18.6 Å². The van der Waals surface area contributed by atoms with Crippen molar-refractivity contribution in [2.24, 2.45) is 0 Å². The van der Waals surface area contributed by atoms with E-state index in [0.717, 1.165) is 24.0 Å². The molecule has 0 N–H and O–H groups in total.